The fourth-order valence-electron chi connectivity index (χ4n) is 2.19. The van der Waals surface area contributed by atoms with Crippen molar-refractivity contribution in [3.8, 4) is 5.75 Å². The van der Waals surface area contributed by atoms with Gasteiger partial charge in [-0.1, -0.05) is 19.1 Å². The summed E-state index contributed by atoms with van der Waals surface area (Å²) in [5.74, 6) is 0.537. The van der Waals surface area contributed by atoms with Crippen molar-refractivity contribution in [2.75, 3.05) is 13.7 Å². The van der Waals surface area contributed by atoms with E-state index in [-0.39, 0.29) is 18.5 Å². The van der Waals surface area contributed by atoms with E-state index in [4.69, 9.17) is 15.2 Å². The van der Waals surface area contributed by atoms with E-state index in [0.29, 0.717) is 0 Å². The molecule has 2 N–H and O–H groups in total. The molecule has 1 aromatic rings. The number of hydrogen-bond acceptors (Lipinski definition) is 4. The molecule has 0 spiro atoms. The molecule has 2 rings (SSSR count). The number of carbonyl (C=O) groups is 1. The summed E-state index contributed by atoms with van der Waals surface area (Å²) in [7, 11) is 1.37. The lowest BCUT2D eigenvalue weighted by atomic mass is 9.96. The zero-order chi connectivity index (χ0) is 13.9. The van der Waals surface area contributed by atoms with Crippen molar-refractivity contribution in [1.29, 1.82) is 0 Å². The van der Waals surface area contributed by atoms with Gasteiger partial charge in [0.1, 0.15) is 12.4 Å². The maximum Gasteiger partial charge on any atom is 0.329 e. The fraction of sp³-hybridized carbons (Fsp3) is 0.533. The average molecular weight is 263 g/mol. The van der Waals surface area contributed by atoms with Gasteiger partial charge in [-0.3, -0.25) is 0 Å². The van der Waals surface area contributed by atoms with Crippen molar-refractivity contribution in [2.24, 2.45) is 11.7 Å². The van der Waals surface area contributed by atoms with E-state index in [1.54, 1.807) is 0 Å². The second kappa shape index (κ2) is 5.61. The van der Waals surface area contributed by atoms with Crippen LogP contribution in [-0.4, -0.2) is 25.2 Å². The molecule has 1 aliphatic rings. The summed E-state index contributed by atoms with van der Waals surface area (Å²) in [5, 5.41) is 0. The van der Waals surface area contributed by atoms with Gasteiger partial charge in [-0.25, -0.2) is 4.79 Å². The van der Waals surface area contributed by atoms with E-state index >= 15 is 0 Å². The van der Waals surface area contributed by atoms with E-state index < -0.39 is 5.54 Å². The second-order valence-corrected chi connectivity index (χ2v) is 5.10. The van der Waals surface area contributed by atoms with Crippen molar-refractivity contribution >= 4 is 5.97 Å². The summed E-state index contributed by atoms with van der Waals surface area (Å²) >= 11 is 0. The third kappa shape index (κ3) is 3.07. The Kier molecular flexibility index (Phi) is 4.10. The molecule has 1 saturated carbocycles. The Bertz CT molecular complexity index is 456. The zero-order valence-corrected chi connectivity index (χ0v) is 11.5. The molecule has 0 aliphatic heterocycles. The van der Waals surface area contributed by atoms with Crippen LogP contribution < -0.4 is 10.5 Å². The Morgan fingerprint density at radius 1 is 1.47 bits per heavy atom. The van der Waals surface area contributed by atoms with Gasteiger partial charge in [0.15, 0.2) is 5.54 Å². The van der Waals surface area contributed by atoms with Crippen LogP contribution >= 0.6 is 0 Å². The standard InChI is InChI=1S/C15H21NO3/c1-3-11-5-4-6-13(9-11)19-10-15(16,12-7-8-12)14(17)18-2/h4-6,9,12H,3,7-8,10,16H2,1-2H3. The predicted octanol–water partition coefficient (Wildman–Crippen LogP) is 1.91. The lowest BCUT2D eigenvalue weighted by molar-refractivity contribution is -0.149. The van der Waals surface area contributed by atoms with Crippen LogP contribution in [0.1, 0.15) is 25.3 Å². The van der Waals surface area contributed by atoms with E-state index in [9.17, 15) is 4.79 Å². The summed E-state index contributed by atoms with van der Waals surface area (Å²) in [4.78, 5) is 11.8. The zero-order valence-electron chi connectivity index (χ0n) is 11.5. The largest absolute Gasteiger partial charge is 0.491 e. The minimum absolute atomic E-state index is 0.164. The van der Waals surface area contributed by atoms with Gasteiger partial charge in [-0.05, 0) is 42.9 Å². The van der Waals surface area contributed by atoms with Gasteiger partial charge < -0.3 is 15.2 Å². The van der Waals surface area contributed by atoms with Crippen molar-refractivity contribution in [1.82, 2.24) is 0 Å². The Morgan fingerprint density at radius 3 is 2.79 bits per heavy atom. The Labute approximate surface area is 113 Å². The van der Waals surface area contributed by atoms with Crippen molar-refractivity contribution in [2.45, 2.75) is 31.7 Å². The van der Waals surface area contributed by atoms with Crippen molar-refractivity contribution in [3.05, 3.63) is 29.8 Å². The van der Waals surface area contributed by atoms with Crippen LogP contribution in [-0.2, 0) is 16.0 Å². The number of rotatable bonds is 6. The first-order valence-electron chi connectivity index (χ1n) is 6.69. The van der Waals surface area contributed by atoms with Crippen molar-refractivity contribution in [3.63, 3.8) is 0 Å². The number of benzene rings is 1. The van der Waals surface area contributed by atoms with Crippen LogP contribution in [0.25, 0.3) is 0 Å². The first-order chi connectivity index (χ1) is 9.10. The van der Waals surface area contributed by atoms with Gasteiger partial charge in [0.05, 0.1) is 7.11 Å². The van der Waals surface area contributed by atoms with Gasteiger partial charge in [0.25, 0.3) is 0 Å². The minimum atomic E-state index is -1.02. The normalized spacial score (nSPS) is 17.6. The number of ether oxygens (including phenoxy) is 2. The van der Waals surface area contributed by atoms with Crippen LogP contribution in [0.2, 0.25) is 0 Å². The Hall–Kier alpha value is -1.55. The number of carbonyl (C=O) groups excluding carboxylic acids is 1. The predicted molar refractivity (Wildman–Crippen MR) is 73.0 cm³/mol. The molecule has 104 valence electrons. The maximum absolute atomic E-state index is 11.8. The van der Waals surface area contributed by atoms with E-state index in [1.165, 1.54) is 12.7 Å². The van der Waals surface area contributed by atoms with Crippen LogP contribution in [0.5, 0.6) is 5.75 Å². The molecular formula is C15H21NO3. The summed E-state index contributed by atoms with van der Waals surface area (Å²) in [5.41, 5.74) is 6.36. The van der Waals surface area contributed by atoms with Gasteiger partial charge in [0.2, 0.25) is 0 Å². The van der Waals surface area contributed by atoms with Gasteiger partial charge in [0, 0.05) is 0 Å². The fourth-order valence-corrected chi connectivity index (χ4v) is 2.19. The summed E-state index contributed by atoms with van der Waals surface area (Å²) in [6.07, 6.45) is 2.87. The van der Waals surface area contributed by atoms with Gasteiger partial charge in [-0.2, -0.15) is 0 Å². The molecule has 19 heavy (non-hydrogen) atoms. The topological polar surface area (TPSA) is 61.5 Å². The molecule has 1 unspecified atom stereocenters. The molecule has 0 amide bonds. The Morgan fingerprint density at radius 2 is 2.21 bits per heavy atom. The van der Waals surface area contributed by atoms with Crippen LogP contribution in [0.15, 0.2) is 24.3 Å². The smallest absolute Gasteiger partial charge is 0.329 e. The summed E-state index contributed by atoms with van der Waals surface area (Å²) < 4.78 is 10.5. The molecule has 4 nitrogen and oxygen atoms in total. The molecule has 0 saturated heterocycles. The number of hydrogen-bond donors (Lipinski definition) is 1. The lowest BCUT2D eigenvalue weighted by Gasteiger charge is -2.26. The number of esters is 1. The number of nitrogens with two attached hydrogens (primary N) is 1. The first-order valence-corrected chi connectivity index (χ1v) is 6.69. The van der Waals surface area contributed by atoms with Crippen molar-refractivity contribution < 1.29 is 14.3 Å². The quantitative estimate of drug-likeness (QED) is 0.796. The second-order valence-electron chi connectivity index (χ2n) is 5.10. The van der Waals surface area contributed by atoms with Gasteiger partial charge in [-0.15, -0.1) is 0 Å². The summed E-state index contributed by atoms with van der Waals surface area (Å²) in [6.45, 7) is 2.25. The lowest BCUT2D eigenvalue weighted by Crippen LogP contribution is -2.55. The highest BCUT2D eigenvalue weighted by Gasteiger charge is 2.49. The third-order valence-corrected chi connectivity index (χ3v) is 3.66. The first kappa shape index (κ1) is 13.9. The SMILES string of the molecule is CCc1cccc(OCC(N)(C(=O)OC)C2CC2)c1. The third-order valence-electron chi connectivity index (χ3n) is 3.66. The maximum atomic E-state index is 11.8. The van der Waals surface area contributed by atoms with Crippen LogP contribution in [0.3, 0.4) is 0 Å². The Balaban J connectivity index is 2.04. The molecule has 1 fully saturated rings. The average Bonchev–Trinajstić information content (AvgIpc) is 3.29. The van der Waals surface area contributed by atoms with Crippen LogP contribution in [0.4, 0.5) is 0 Å². The molecular weight excluding hydrogens is 242 g/mol. The molecule has 0 aromatic heterocycles. The highest BCUT2D eigenvalue weighted by atomic mass is 16.5. The van der Waals surface area contributed by atoms with E-state index in [2.05, 4.69) is 6.92 Å². The van der Waals surface area contributed by atoms with Crippen LogP contribution in [0, 0.1) is 5.92 Å². The molecule has 0 bridgehead atoms. The monoisotopic (exact) mass is 263 g/mol. The van der Waals surface area contributed by atoms with E-state index in [0.717, 1.165) is 25.0 Å². The minimum Gasteiger partial charge on any atom is -0.491 e. The molecule has 4 heteroatoms. The molecule has 1 aromatic carbocycles. The highest BCUT2D eigenvalue weighted by Crippen LogP contribution is 2.39. The number of methoxy groups -OCH3 is 1. The van der Waals surface area contributed by atoms with E-state index in [1.807, 2.05) is 24.3 Å². The molecule has 1 aliphatic carbocycles. The number of aryl methyl sites for hydroxylation is 1. The highest BCUT2D eigenvalue weighted by molar-refractivity contribution is 5.81. The molecule has 1 atom stereocenters. The molecule has 0 radical (unpaired) electrons. The molecule has 0 heterocycles. The van der Waals surface area contributed by atoms with Gasteiger partial charge >= 0.3 is 5.97 Å². The summed E-state index contributed by atoms with van der Waals surface area (Å²) in [6, 6.07) is 7.85.